The SMILES string of the molecule is Nc1c(O)cccc1Nc1ccnc(Nc2cccc(C[SH](=O)=O)c2)n1. The molecule has 2 aromatic carbocycles. The summed E-state index contributed by atoms with van der Waals surface area (Å²) in [6.45, 7) is 0. The third-order valence-electron chi connectivity index (χ3n) is 3.50. The molecule has 0 atom stereocenters. The lowest BCUT2D eigenvalue weighted by atomic mass is 10.2. The Hall–Kier alpha value is -3.33. The van der Waals surface area contributed by atoms with Crippen molar-refractivity contribution < 1.29 is 13.5 Å². The van der Waals surface area contributed by atoms with Gasteiger partial charge in [-0.05, 0) is 35.9 Å². The number of aromatic hydroxyl groups is 1. The number of phenols is 1. The molecule has 0 saturated heterocycles. The second-order valence-corrected chi connectivity index (χ2v) is 6.43. The van der Waals surface area contributed by atoms with Crippen LogP contribution in [0.15, 0.2) is 54.7 Å². The van der Waals surface area contributed by atoms with Crippen LogP contribution in [0.25, 0.3) is 0 Å². The molecule has 0 bridgehead atoms. The molecule has 134 valence electrons. The van der Waals surface area contributed by atoms with E-state index in [1.807, 2.05) is 0 Å². The van der Waals surface area contributed by atoms with Crippen molar-refractivity contribution in [1.82, 2.24) is 9.97 Å². The number of thiol groups is 1. The fourth-order valence-electron chi connectivity index (χ4n) is 2.31. The molecular formula is C17H17N5O3S. The van der Waals surface area contributed by atoms with Crippen molar-refractivity contribution in [1.29, 1.82) is 0 Å². The van der Waals surface area contributed by atoms with Gasteiger partial charge in [0.2, 0.25) is 5.95 Å². The summed E-state index contributed by atoms with van der Waals surface area (Å²) in [6, 6.07) is 13.5. The van der Waals surface area contributed by atoms with Crippen LogP contribution < -0.4 is 16.4 Å². The van der Waals surface area contributed by atoms with Crippen LogP contribution in [-0.2, 0) is 16.5 Å². The van der Waals surface area contributed by atoms with E-state index < -0.39 is 10.7 Å². The molecule has 0 aliphatic rings. The predicted octanol–water partition coefficient (Wildman–Crippen LogP) is 2.36. The van der Waals surface area contributed by atoms with Crippen LogP contribution in [0.4, 0.5) is 28.8 Å². The van der Waals surface area contributed by atoms with Crippen molar-refractivity contribution in [2.24, 2.45) is 0 Å². The Balaban J connectivity index is 1.78. The number of nitrogens with one attached hydrogen (secondary N) is 2. The van der Waals surface area contributed by atoms with Gasteiger partial charge in [-0.3, -0.25) is 0 Å². The summed E-state index contributed by atoms with van der Waals surface area (Å²) in [5.74, 6) is 0.774. The van der Waals surface area contributed by atoms with Gasteiger partial charge in [-0.15, -0.1) is 0 Å². The summed E-state index contributed by atoms with van der Waals surface area (Å²) in [5.41, 5.74) is 7.92. The molecule has 3 aromatic rings. The molecule has 5 N–H and O–H groups in total. The van der Waals surface area contributed by atoms with E-state index in [4.69, 9.17) is 5.73 Å². The zero-order valence-electron chi connectivity index (χ0n) is 13.6. The molecule has 9 heteroatoms. The Bertz CT molecular complexity index is 999. The van der Waals surface area contributed by atoms with Gasteiger partial charge in [0, 0.05) is 11.9 Å². The lowest BCUT2D eigenvalue weighted by Gasteiger charge is -2.11. The number of rotatable bonds is 6. The van der Waals surface area contributed by atoms with Gasteiger partial charge >= 0.3 is 0 Å². The summed E-state index contributed by atoms with van der Waals surface area (Å²) < 4.78 is 21.7. The molecular weight excluding hydrogens is 354 g/mol. The lowest BCUT2D eigenvalue weighted by molar-refractivity contribution is 0.478. The first-order valence-corrected chi connectivity index (χ1v) is 9.03. The number of nitrogen functional groups attached to an aromatic ring is 1. The Morgan fingerprint density at radius 2 is 1.88 bits per heavy atom. The van der Waals surface area contributed by atoms with E-state index in [1.54, 1.807) is 48.7 Å². The number of nitrogens with zero attached hydrogens (tertiary/aromatic N) is 2. The maximum Gasteiger partial charge on any atom is 0.229 e. The van der Waals surface area contributed by atoms with Gasteiger partial charge in [-0.2, -0.15) is 4.98 Å². The average Bonchev–Trinajstić information content (AvgIpc) is 2.59. The highest BCUT2D eigenvalue weighted by Crippen LogP contribution is 2.30. The van der Waals surface area contributed by atoms with Crippen LogP contribution in [0.1, 0.15) is 5.56 Å². The molecule has 0 aliphatic carbocycles. The van der Waals surface area contributed by atoms with Crippen LogP contribution in [0, 0.1) is 0 Å². The highest BCUT2D eigenvalue weighted by Gasteiger charge is 2.06. The molecule has 0 unspecified atom stereocenters. The number of hydrogen-bond acceptors (Lipinski definition) is 8. The van der Waals surface area contributed by atoms with E-state index in [-0.39, 0.29) is 17.2 Å². The van der Waals surface area contributed by atoms with Crippen LogP contribution >= 0.6 is 0 Å². The second-order valence-electron chi connectivity index (χ2n) is 5.45. The summed E-state index contributed by atoms with van der Waals surface area (Å²) in [4.78, 5) is 8.48. The molecule has 3 rings (SSSR count). The number of nitrogens with two attached hydrogens (primary N) is 1. The van der Waals surface area contributed by atoms with E-state index in [0.29, 0.717) is 28.7 Å². The fourth-order valence-corrected chi connectivity index (χ4v) is 2.81. The second kappa shape index (κ2) is 7.70. The van der Waals surface area contributed by atoms with Crippen LogP contribution in [0.2, 0.25) is 0 Å². The van der Waals surface area contributed by atoms with Crippen LogP contribution in [0.3, 0.4) is 0 Å². The van der Waals surface area contributed by atoms with Crippen molar-refractivity contribution >= 4 is 39.5 Å². The Morgan fingerprint density at radius 3 is 2.69 bits per heavy atom. The number of para-hydroxylation sites is 1. The average molecular weight is 371 g/mol. The smallest absolute Gasteiger partial charge is 0.229 e. The van der Waals surface area contributed by atoms with E-state index >= 15 is 0 Å². The minimum absolute atomic E-state index is 0.0177. The minimum atomic E-state index is -2.49. The summed E-state index contributed by atoms with van der Waals surface area (Å²) in [5, 5.41) is 15.7. The van der Waals surface area contributed by atoms with E-state index in [9.17, 15) is 13.5 Å². The quantitative estimate of drug-likeness (QED) is 0.254. The lowest BCUT2D eigenvalue weighted by Crippen LogP contribution is -2.02. The first-order valence-electron chi connectivity index (χ1n) is 7.66. The molecule has 0 radical (unpaired) electrons. The van der Waals surface area contributed by atoms with Crippen molar-refractivity contribution in [2.75, 3.05) is 16.4 Å². The molecule has 1 aromatic heterocycles. The molecule has 26 heavy (non-hydrogen) atoms. The largest absolute Gasteiger partial charge is 0.506 e. The first kappa shape index (κ1) is 17.5. The Kier molecular flexibility index (Phi) is 5.18. The summed E-state index contributed by atoms with van der Waals surface area (Å²) in [6.07, 6.45) is 1.56. The fraction of sp³-hybridized carbons (Fsp3) is 0.0588. The van der Waals surface area contributed by atoms with Gasteiger partial charge in [0.15, 0.2) is 0 Å². The third kappa shape index (κ3) is 4.39. The highest BCUT2D eigenvalue weighted by molar-refractivity contribution is 7.71. The maximum atomic E-state index is 10.9. The number of anilines is 5. The van der Waals surface area contributed by atoms with E-state index in [2.05, 4.69) is 20.6 Å². The van der Waals surface area contributed by atoms with Crippen molar-refractivity contribution in [2.45, 2.75) is 5.75 Å². The highest BCUT2D eigenvalue weighted by atomic mass is 32.2. The van der Waals surface area contributed by atoms with Gasteiger partial charge in [-0.25, -0.2) is 13.4 Å². The topological polar surface area (TPSA) is 130 Å². The standard InChI is InChI=1S/C17H17N5O3S/c18-16-13(5-2-6-14(16)23)21-15-7-8-19-17(22-15)20-12-4-1-3-11(9-12)10-26(24)25/h1-9,23,26H,10,18H2,(H2,19,20,21,22). The van der Waals surface area contributed by atoms with Gasteiger partial charge in [-0.1, -0.05) is 18.2 Å². The molecule has 0 spiro atoms. The maximum absolute atomic E-state index is 10.9. The van der Waals surface area contributed by atoms with E-state index in [0.717, 1.165) is 0 Å². The zero-order chi connectivity index (χ0) is 18.5. The molecule has 0 fully saturated rings. The Morgan fingerprint density at radius 1 is 1.08 bits per heavy atom. The van der Waals surface area contributed by atoms with Crippen LogP contribution in [0.5, 0.6) is 5.75 Å². The van der Waals surface area contributed by atoms with Crippen molar-refractivity contribution in [3.63, 3.8) is 0 Å². The minimum Gasteiger partial charge on any atom is -0.506 e. The predicted molar refractivity (Wildman–Crippen MR) is 102 cm³/mol. The third-order valence-corrected chi connectivity index (χ3v) is 4.12. The normalized spacial score (nSPS) is 10.7. The van der Waals surface area contributed by atoms with Crippen molar-refractivity contribution in [3.05, 3.63) is 60.3 Å². The van der Waals surface area contributed by atoms with E-state index in [1.165, 1.54) is 6.07 Å². The van der Waals surface area contributed by atoms with Gasteiger partial charge in [0.1, 0.15) is 22.3 Å². The van der Waals surface area contributed by atoms with Crippen molar-refractivity contribution in [3.8, 4) is 5.75 Å². The number of aromatic nitrogens is 2. The molecule has 0 saturated carbocycles. The van der Waals surface area contributed by atoms with Gasteiger partial charge in [0.25, 0.3) is 0 Å². The molecule has 8 nitrogen and oxygen atoms in total. The molecule has 1 heterocycles. The van der Waals surface area contributed by atoms with Crippen LogP contribution in [-0.4, -0.2) is 23.5 Å². The molecule has 0 amide bonds. The zero-order valence-corrected chi connectivity index (χ0v) is 14.5. The first-order chi connectivity index (χ1) is 12.5. The number of phenolic OH excluding ortho intramolecular Hbond substituents is 1. The van der Waals surface area contributed by atoms with Gasteiger partial charge < -0.3 is 21.5 Å². The Labute approximate surface area is 151 Å². The molecule has 0 aliphatic heterocycles. The number of benzene rings is 2. The number of hydrogen-bond donors (Lipinski definition) is 5. The monoisotopic (exact) mass is 371 g/mol. The summed E-state index contributed by atoms with van der Waals surface area (Å²) in [7, 11) is -2.49. The summed E-state index contributed by atoms with van der Waals surface area (Å²) >= 11 is 0. The van der Waals surface area contributed by atoms with Gasteiger partial charge in [0.05, 0.1) is 17.1 Å².